The molecule has 0 radical (unpaired) electrons. The molecule has 2 aromatic heterocycles. The largest absolute Gasteiger partial charge is 0.410 e. The summed E-state index contributed by atoms with van der Waals surface area (Å²) in [5, 5.41) is 16.2. The van der Waals surface area contributed by atoms with Crippen LogP contribution >= 0.6 is 0 Å². The Morgan fingerprint density at radius 1 is 1.44 bits per heavy atom. The Morgan fingerprint density at radius 3 is 3.11 bits per heavy atom. The summed E-state index contributed by atoms with van der Waals surface area (Å²) in [6.07, 6.45) is 3.01. The first kappa shape index (κ1) is 4.37. The molecule has 0 aliphatic rings. The standard InChI is InChI=1S/C4H4N4O/c9-8-4-1-2-5-7(4)3-6-8/h1-3,9H. The van der Waals surface area contributed by atoms with E-state index in [0.29, 0.717) is 5.65 Å². The maximum absolute atomic E-state index is 8.84. The van der Waals surface area contributed by atoms with Gasteiger partial charge in [0.15, 0.2) is 5.65 Å². The second kappa shape index (κ2) is 1.25. The van der Waals surface area contributed by atoms with E-state index in [-0.39, 0.29) is 0 Å². The van der Waals surface area contributed by atoms with E-state index in [1.54, 1.807) is 12.3 Å². The Bertz CT molecular complexity index is 322. The zero-order valence-electron chi connectivity index (χ0n) is 4.47. The van der Waals surface area contributed by atoms with Crippen LogP contribution in [0.15, 0.2) is 18.6 Å². The van der Waals surface area contributed by atoms with E-state index in [4.69, 9.17) is 5.21 Å². The van der Waals surface area contributed by atoms with Gasteiger partial charge in [-0.2, -0.15) is 9.61 Å². The summed E-state index contributed by atoms with van der Waals surface area (Å²) in [6.45, 7) is 0. The summed E-state index contributed by atoms with van der Waals surface area (Å²) in [5.41, 5.74) is 0.565. The van der Waals surface area contributed by atoms with E-state index in [0.717, 1.165) is 4.85 Å². The van der Waals surface area contributed by atoms with Gasteiger partial charge in [0.05, 0.1) is 6.20 Å². The lowest BCUT2D eigenvalue weighted by Crippen LogP contribution is -1.89. The van der Waals surface area contributed by atoms with Gasteiger partial charge in [-0.15, -0.1) is 5.10 Å². The average Bonchev–Trinajstić information content (AvgIpc) is 2.35. The second-order valence-electron chi connectivity index (χ2n) is 1.65. The normalized spacial score (nSPS) is 10.7. The van der Waals surface area contributed by atoms with Crippen molar-refractivity contribution in [3.8, 4) is 0 Å². The SMILES string of the molecule is On1ncn2nccc12. The van der Waals surface area contributed by atoms with Gasteiger partial charge in [-0.1, -0.05) is 4.85 Å². The van der Waals surface area contributed by atoms with Crippen molar-refractivity contribution in [2.75, 3.05) is 0 Å². The summed E-state index contributed by atoms with van der Waals surface area (Å²) < 4.78 is 1.47. The molecule has 0 unspecified atom stereocenters. The summed E-state index contributed by atoms with van der Waals surface area (Å²) in [7, 11) is 0. The molecule has 0 aliphatic heterocycles. The Kier molecular flexibility index (Phi) is 0.606. The molecule has 2 rings (SSSR count). The van der Waals surface area contributed by atoms with Crippen LogP contribution in [0.25, 0.3) is 5.65 Å². The summed E-state index contributed by atoms with van der Waals surface area (Å²) in [6, 6.07) is 1.66. The van der Waals surface area contributed by atoms with Crippen LogP contribution in [0.5, 0.6) is 0 Å². The van der Waals surface area contributed by atoms with Crippen molar-refractivity contribution in [2.24, 2.45) is 0 Å². The second-order valence-corrected chi connectivity index (χ2v) is 1.65. The molecule has 5 heteroatoms. The van der Waals surface area contributed by atoms with E-state index in [1.165, 1.54) is 10.8 Å². The lowest BCUT2D eigenvalue weighted by Gasteiger charge is -1.81. The van der Waals surface area contributed by atoms with Crippen molar-refractivity contribution in [2.45, 2.75) is 0 Å². The van der Waals surface area contributed by atoms with E-state index in [1.807, 2.05) is 0 Å². The zero-order valence-corrected chi connectivity index (χ0v) is 4.47. The van der Waals surface area contributed by atoms with Gasteiger partial charge in [-0.3, -0.25) is 0 Å². The van der Waals surface area contributed by atoms with Crippen molar-refractivity contribution in [3.63, 3.8) is 0 Å². The Hall–Kier alpha value is -1.52. The summed E-state index contributed by atoms with van der Waals surface area (Å²) >= 11 is 0. The third-order valence-electron chi connectivity index (χ3n) is 1.12. The number of hydrogen-bond donors (Lipinski definition) is 1. The van der Waals surface area contributed by atoms with Gasteiger partial charge in [0, 0.05) is 6.07 Å². The molecule has 0 saturated carbocycles. The van der Waals surface area contributed by atoms with Gasteiger partial charge < -0.3 is 5.21 Å². The Labute approximate surface area is 50.1 Å². The first-order chi connectivity index (χ1) is 4.38. The number of nitrogens with zero attached hydrogens (tertiary/aromatic N) is 4. The van der Waals surface area contributed by atoms with Crippen LogP contribution in [-0.2, 0) is 0 Å². The molecular weight excluding hydrogens is 120 g/mol. The van der Waals surface area contributed by atoms with Gasteiger partial charge in [0.25, 0.3) is 0 Å². The molecule has 0 spiro atoms. The summed E-state index contributed by atoms with van der Waals surface area (Å²) in [5.74, 6) is 0. The Morgan fingerprint density at radius 2 is 2.33 bits per heavy atom. The molecule has 2 heterocycles. The molecular formula is C4H4N4O. The molecule has 0 aliphatic carbocycles. The third-order valence-corrected chi connectivity index (χ3v) is 1.12. The van der Waals surface area contributed by atoms with Gasteiger partial charge in [-0.05, 0) is 0 Å². The molecule has 0 saturated heterocycles. The van der Waals surface area contributed by atoms with E-state index in [9.17, 15) is 0 Å². The molecule has 0 aromatic carbocycles. The van der Waals surface area contributed by atoms with Crippen LogP contribution in [0.3, 0.4) is 0 Å². The van der Waals surface area contributed by atoms with Gasteiger partial charge in [0.1, 0.15) is 6.33 Å². The van der Waals surface area contributed by atoms with Crippen LogP contribution in [0.1, 0.15) is 0 Å². The fourth-order valence-corrected chi connectivity index (χ4v) is 0.712. The molecule has 1 N–H and O–H groups in total. The molecule has 0 fully saturated rings. The predicted molar refractivity (Wildman–Crippen MR) is 28.2 cm³/mol. The highest BCUT2D eigenvalue weighted by Gasteiger charge is 1.97. The van der Waals surface area contributed by atoms with Gasteiger partial charge in [0.2, 0.25) is 0 Å². The number of aromatic nitrogens is 4. The molecule has 46 valence electrons. The van der Waals surface area contributed by atoms with Crippen molar-refractivity contribution in [1.29, 1.82) is 0 Å². The van der Waals surface area contributed by atoms with Gasteiger partial charge in [-0.25, -0.2) is 0 Å². The van der Waals surface area contributed by atoms with Crippen LogP contribution in [0.4, 0.5) is 0 Å². The maximum Gasteiger partial charge on any atom is 0.194 e. The third kappa shape index (κ3) is 0.426. The van der Waals surface area contributed by atoms with Gasteiger partial charge >= 0.3 is 0 Å². The minimum absolute atomic E-state index is 0.565. The highest BCUT2D eigenvalue weighted by molar-refractivity contribution is 5.33. The predicted octanol–water partition coefficient (Wildman–Crippen LogP) is -0.232. The van der Waals surface area contributed by atoms with Crippen LogP contribution in [0.2, 0.25) is 0 Å². The van der Waals surface area contributed by atoms with Crippen molar-refractivity contribution >= 4 is 5.65 Å². The number of fused-ring (bicyclic) bond motifs is 1. The van der Waals surface area contributed by atoms with E-state index in [2.05, 4.69) is 10.2 Å². The molecule has 0 bridgehead atoms. The smallest absolute Gasteiger partial charge is 0.194 e. The van der Waals surface area contributed by atoms with Crippen molar-refractivity contribution in [1.82, 2.24) is 19.6 Å². The van der Waals surface area contributed by atoms with E-state index >= 15 is 0 Å². The zero-order chi connectivity index (χ0) is 6.27. The molecule has 0 amide bonds. The first-order valence-corrected chi connectivity index (χ1v) is 2.44. The number of hydrogen-bond acceptors (Lipinski definition) is 3. The maximum atomic E-state index is 8.84. The first-order valence-electron chi connectivity index (χ1n) is 2.44. The van der Waals surface area contributed by atoms with Crippen molar-refractivity contribution in [3.05, 3.63) is 18.6 Å². The molecule has 0 atom stereocenters. The lowest BCUT2D eigenvalue weighted by atomic mass is 10.7. The quantitative estimate of drug-likeness (QED) is 0.493. The highest BCUT2D eigenvalue weighted by Crippen LogP contribution is 1.95. The Balaban J connectivity index is 2.99. The minimum atomic E-state index is 0.565. The average molecular weight is 124 g/mol. The molecule has 9 heavy (non-hydrogen) atoms. The molecule has 2 aromatic rings. The lowest BCUT2D eigenvalue weighted by molar-refractivity contribution is 0.160. The number of rotatable bonds is 0. The van der Waals surface area contributed by atoms with E-state index < -0.39 is 0 Å². The van der Waals surface area contributed by atoms with Crippen LogP contribution < -0.4 is 0 Å². The highest BCUT2D eigenvalue weighted by atomic mass is 16.5. The minimum Gasteiger partial charge on any atom is -0.410 e. The van der Waals surface area contributed by atoms with Crippen LogP contribution in [-0.4, -0.2) is 24.8 Å². The fraction of sp³-hybridized carbons (Fsp3) is 0. The molecule has 5 nitrogen and oxygen atoms in total. The van der Waals surface area contributed by atoms with Crippen molar-refractivity contribution < 1.29 is 5.21 Å². The van der Waals surface area contributed by atoms with Crippen LogP contribution in [0, 0.1) is 0 Å². The topological polar surface area (TPSA) is 55.3 Å². The summed E-state index contributed by atoms with van der Waals surface area (Å²) in [4.78, 5) is 0.771. The monoisotopic (exact) mass is 124 g/mol. The fourth-order valence-electron chi connectivity index (χ4n) is 0.712.